The van der Waals surface area contributed by atoms with Crippen LogP contribution in [0, 0.1) is 6.92 Å². The van der Waals surface area contributed by atoms with Gasteiger partial charge >= 0.3 is 5.69 Å². The van der Waals surface area contributed by atoms with E-state index in [-0.39, 0.29) is 21.3 Å². The van der Waals surface area contributed by atoms with Crippen LogP contribution in [0.1, 0.15) is 11.3 Å². The van der Waals surface area contributed by atoms with Crippen LogP contribution in [0.25, 0.3) is 16.7 Å². The first kappa shape index (κ1) is 20.5. The molecule has 4 aromatic rings. The molecule has 0 saturated heterocycles. The third-order valence-corrected chi connectivity index (χ3v) is 5.72. The SMILES string of the molecule is Cc1[nH]n(-c2c(Cl)cc(Cl)cc2Cl)c(=O)c1C=Nc1ccc2c(c1)n(C)c(=O)n2C. The lowest BCUT2D eigenvalue weighted by molar-refractivity contribution is 0.795. The highest BCUT2D eigenvalue weighted by Crippen LogP contribution is 2.31. The summed E-state index contributed by atoms with van der Waals surface area (Å²) >= 11 is 18.5. The molecule has 0 spiro atoms. The van der Waals surface area contributed by atoms with E-state index in [0.29, 0.717) is 27.7 Å². The first-order chi connectivity index (χ1) is 14.2. The molecule has 7 nitrogen and oxygen atoms in total. The number of nitrogens with zero attached hydrogens (tertiary/aromatic N) is 4. The van der Waals surface area contributed by atoms with Gasteiger partial charge in [-0.3, -0.25) is 24.0 Å². The van der Waals surface area contributed by atoms with Gasteiger partial charge in [-0.1, -0.05) is 34.8 Å². The monoisotopic (exact) mass is 463 g/mol. The molecule has 0 bridgehead atoms. The number of rotatable bonds is 3. The molecule has 0 fully saturated rings. The topological polar surface area (TPSA) is 77.1 Å². The molecule has 10 heteroatoms. The number of hydrogen-bond donors (Lipinski definition) is 1. The first-order valence-electron chi connectivity index (χ1n) is 8.85. The smallest absolute Gasteiger partial charge is 0.295 e. The second-order valence-electron chi connectivity index (χ2n) is 6.84. The Morgan fingerprint density at radius 2 is 1.60 bits per heavy atom. The van der Waals surface area contributed by atoms with Crippen LogP contribution in [0.5, 0.6) is 0 Å². The summed E-state index contributed by atoms with van der Waals surface area (Å²) in [5.41, 5.74) is 2.96. The number of aryl methyl sites for hydroxylation is 3. The van der Waals surface area contributed by atoms with Crippen molar-refractivity contribution < 1.29 is 0 Å². The number of H-pyrrole nitrogens is 1. The number of imidazole rings is 1. The van der Waals surface area contributed by atoms with Crippen molar-refractivity contribution >= 4 is 57.7 Å². The minimum atomic E-state index is -0.351. The number of fused-ring (bicyclic) bond motifs is 1. The number of aromatic nitrogens is 4. The van der Waals surface area contributed by atoms with Gasteiger partial charge in [-0.15, -0.1) is 0 Å². The summed E-state index contributed by atoms with van der Waals surface area (Å²) in [6.07, 6.45) is 1.48. The van der Waals surface area contributed by atoms with Crippen LogP contribution in [0.15, 0.2) is 44.9 Å². The van der Waals surface area contributed by atoms with Crippen LogP contribution in [0.3, 0.4) is 0 Å². The maximum atomic E-state index is 13.0. The predicted molar refractivity (Wildman–Crippen MR) is 122 cm³/mol. The van der Waals surface area contributed by atoms with Gasteiger partial charge in [0.15, 0.2) is 0 Å². The van der Waals surface area contributed by atoms with Crippen LogP contribution >= 0.6 is 34.8 Å². The number of benzene rings is 2. The van der Waals surface area contributed by atoms with Gasteiger partial charge in [-0.25, -0.2) is 9.48 Å². The lowest BCUT2D eigenvalue weighted by Gasteiger charge is -2.07. The van der Waals surface area contributed by atoms with Crippen molar-refractivity contribution in [1.29, 1.82) is 0 Å². The molecule has 0 aliphatic heterocycles. The Hall–Kier alpha value is -2.74. The van der Waals surface area contributed by atoms with Crippen LogP contribution in [-0.2, 0) is 14.1 Å². The zero-order valence-electron chi connectivity index (χ0n) is 16.2. The average molecular weight is 465 g/mol. The molecule has 2 heterocycles. The molecule has 2 aromatic carbocycles. The van der Waals surface area contributed by atoms with Gasteiger partial charge in [-0.2, -0.15) is 0 Å². The predicted octanol–water partition coefficient (Wildman–Crippen LogP) is 4.38. The summed E-state index contributed by atoms with van der Waals surface area (Å²) in [4.78, 5) is 29.5. The summed E-state index contributed by atoms with van der Waals surface area (Å²) in [7, 11) is 3.42. The Morgan fingerprint density at radius 3 is 2.27 bits per heavy atom. The van der Waals surface area contributed by atoms with Gasteiger partial charge in [-0.05, 0) is 37.3 Å². The first-order valence-corrected chi connectivity index (χ1v) is 9.98. The van der Waals surface area contributed by atoms with Gasteiger partial charge in [0.2, 0.25) is 0 Å². The van der Waals surface area contributed by atoms with Crippen molar-refractivity contribution in [2.24, 2.45) is 19.1 Å². The van der Waals surface area contributed by atoms with Crippen molar-refractivity contribution in [3.8, 4) is 5.69 Å². The Morgan fingerprint density at radius 1 is 0.967 bits per heavy atom. The van der Waals surface area contributed by atoms with Gasteiger partial charge in [0.05, 0.1) is 32.3 Å². The molecule has 4 rings (SSSR count). The molecule has 0 atom stereocenters. The lowest BCUT2D eigenvalue weighted by Crippen LogP contribution is -2.19. The highest BCUT2D eigenvalue weighted by atomic mass is 35.5. The summed E-state index contributed by atoms with van der Waals surface area (Å²) in [6, 6.07) is 8.42. The second kappa shape index (κ2) is 7.50. The second-order valence-corrected chi connectivity index (χ2v) is 8.09. The number of halogens is 3. The quantitative estimate of drug-likeness (QED) is 0.457. The van der Waals surface area contributed by atoms with Crippen molar-refractivity contribution in [3.05, 3.63) is 77.5 Å². The Labute approximate surface area is 185 Å². The molecule has 2 aromatic heterocycles. The molecular weight excluding hydrogens is 449 g/mol. The van der Waals surface area contributed by atoms with Gasteiger partial charge in [0.25, 0.3) is 5.56 Å². The van der Waals surface area contributed by atoms with E-state index in [9.17, 15) is 9.59 Å². The van der Waals surface area contributed by atoms with Crippen molar-refractivity contribution in [2.75, 3.05) is 0 Å². The minimum Gasteiger partial charge on any atom is -0.295 e. The molecule has 154 valence electrons. The van der Waals surface area contributed by atoms with E-state index in [4.69, 9.17) is 34.8 Å². The lowest BCUT2D eigenvalue weighted by atomic mass is 10.2. The zero-order chi connectivity index (χ0) is 21.7. The summed E-state index contributed by atoms with van der Waals surface area (Å²) in [5.74, 6) is 0. The zero-order valence-corrected chi connectivity index (χ0v) is 18.5. The molecule has 0 amide bonds. The van der Waals surface area contributed by atoms with Gasteiger partial charge < -0.3 is 0 Å². The Balaban J connectivity index is 1.78. The van der Waals surface area contributed by atoms with E-state index in [1.165, 1.54) is 23.0 Å². The van der Waals surface area contributed by atoms with E-state index >= 15 is 0 Å². The summed E-state index contributed by atoms with van der Waals surface area (Å²) < 4.78 is 4.38. The van der Waals surface area contributed by atoms with E-state index < -0.39 is 0 Å². The standard InChI is InChI=1S/C20H16Cl3N5O2/c1-10-13(19(29)28(25-10)18-14(22)6-11(21)7-15(18)23)9-24-12-4-5-16-17(8-12)27(3)20(30)26(16)2/h4-9,25H,1-3H3. The van der Waals surface area contributed by atoms with Crippen LogP contribution in [-0.4, -0.2) is 25.1 Å². The number of nitrogens with one attached hydrogen (secondary N) is 1. The van der Waals surface area contributed by atoms with Crippen molar-refractivity contribution in [1.82, 2.24) is 18.9 Å². The molecule has 0 aliphatic carbocycles. The van der Waals surface area contributed by atoms with Crippen LogP contribution in [0.4, 0.5) is 5.69 Å². The highest BCUT2D eigenvalue weighted by Gasteiger charge is 2.17. The highest BCUT2D eigenvalue weighted by molar-refractivity contribution is 6.40. The van der Waals surface area contributed by atoms with Crippen LogP contribution < -0.4 is 11.2 Å². The fourth-order valence-electron chi connectivity index (χ4n) is 3.33. The van der Waals surface area contributed by atoms with E-state index in [1.807, 2.05) is 6.07 Å². The number of aromatic amines is 1. The average Bonchev–Trinajstić information content (AvgIpc) is 3.08. The van der Waals surface area contributed by atoms with Crippen molar-refractivity contribution in [3.63, 3.8) is 0 Å². The molecule has 1 N–H and O–H groups in total. The maximum Gasteiger partial charge on any atom is 0.328 e. The Kier molecular flexibility index (Phi) is 5.13. The largest absolute Gasteiger partial charge is 0.328 e. The van der Waals surface area contributed by atoms with E-state index in [2.05, 4.69) is 10.1 Å². The third kappa shape index (κ3) is 3.29. The summed E-state index contributed by atoms with van der Waals surface area (Å²) in [6.45, 7) is 1.75. The third-order valence-electron chi connectivity index (χ3n) is 4.92. The Bertz CT molecular complexity index is 1430. The number of hydrogen-bond acceptors (Lipinski definition) is 3. The van der Waals surface area contributed by atoms with Crippen molar-refractivity contribution in [2.45, 2.75) is 6.92 Å². The molecule has 0 unspecified atom stereocenters. The van der Waals surface area contributed by atoms with E-state index in [0.717, 1.165) is 11.0 Å². The summed E-state index contributed by atoms with van der Waals surface area (Å²) in [5, 5.41) is 3.83. The van der Waals surface area contributed by atoms with Gasteiger partial charge in [0.1, 0.15) is 5.69 Å². The normalized spacial score (nSPS) is 11.8. The molecular formula is C20H16Cl3N5O2. The van der Waals surface area contributed by atoms with Crippen LogP contribution in [0.2, 0.25) is 15.1 Å². The fourth-order valence-corrected chi connectivity index (χ4v) is 4.32. The fraction of sp³-hybridized carbons (Fsp3) is 0.150. The molecule has 30 heavy (non-hydrogen) atoms. The minimum absolute atomic E-state index is 0.118. The maximum absolute atomic E-state index is 13.0. The van der Waals surface area contributed by atoms with E-state index in [1.54, 1.807) is 42.3 Å². The molecule has 0 radical (unpaired) electrons. The number of aliphatic imine (C=N–C) groups is 1. The molecule has 0 saturated carbocycles. The van der Waals surface area contributed by atoms with Gasteiger partial charge in [0, 0.05) is 31.0 Å². The molecule has 0 aliphatic rings.